The molecular formula is C14H19ClN4O. The summed E-state index contributed by atoms with van der Waals surface area (Å²) in [4.78, 5) is 4.42. The summed E-state index contributed by atoms with van der Waals surface area (Å²) in [6.45, 7) is 8.47. The van der Waals surface area contributed by atoms with Crippen molar-refractivity contribution in [3.63, 3.8) is 0 Å². The van der Waals surface area contributed by atoms with E-state index in [0.717, 1.165) is 11.4 Å². The van der Waals surface area contributed by atoms with E-state index in [4.69, 9.17) is 22.1 Å². The first-order chi connectivity index (χ1) is 9.40. The number of anilines is 1. The molecular weight excluding hydrogens is 276 g/mol. The molecule has 0 saturated heterocycles. The van der Waals surface area contributed by atoms with E-state index in [1.165, 1.54) is 0 Å². The van der Waals surface area contributed by atoms with Crippen LogP contribution in [0, 0.1) is 19.8 Å². The minimum Gasteiger partial charge on any atom is -0.476 e. The number of hydrogen-bond acceptors (Lipinski definition) is 4. The second kappa shape index (κ2) is 5.71. The highest BCUT2D eigenvalue weighted by Gasteiger charge is 2.13. The number of nitrogen functional groups attached to an aromatic ring is 1. The van der Waals surface area contributed by atoms with Gasteiger partial charge in [-0.2, -0.15) is 10.1 Å². The lowest BCUT2D eigenvalue weighted by Gasteiger charge is -2.11. The normalized spacial score (nSPS) is 11.1. The lowest BCUT2D eigenvalue weighted by atomic mass is 10.2. The molecule has 0 aliphatic rings. The van der Waals surface area contributed by atoms with Crippen molar-refractivity contribution < 1.29 is 4.74 Å². The summed E-state index contributed by atoms with van der Waals surface area (Å²) in [5, 5.41) is 5.02. The minimum absolute atomic E-state index is 0.406. The monoisotopic (exact) mass is 294 g/mol. The number of ether oxygens (including phenoxy) is 1. The zero-order valence-electron chi connectivity index (χ0n) is 12.1. The fraction of sp³-hybridized carbons (Fsp3) is 0.429. The van der Waals surface area contributed by atoms with Crippen LogP contribution in [-0.2, 0) is 0 Å². The summed E-state index contributed by atoms with van der Waals surface area (Å²) in [5.74, 6) is 1.48. The Balaban J connectivity index is 2.38. The SMILES string of the molecule is Cc1nn(-c2ccc(N)c(OCC(C)C)n2)c(C)c1Cl. The van der Waals surface area contributed by atoms with Crippen LogP contribution < -0.4 is 10.5 Å². The largest absolute Gasteiger partial charge is 0.476 e. The van der Waals surface area contributed by atoms with Crippen molar-refractivity contribution >= 4 is 17.3 Å². The number of hydrogen-bond donors (Lipinski definition) is 1. The lowest BCUT2D eigenvalue weighted by Crippen LogP contribution is -2.10. The average Bonchev–Trinajstić information content (AvgIpc) is 2.65. The molecule has 2 N–H and O–H groups in total. The van der Waals surface area contributed by atoms with Crippen LogP contribution in [0.5, 0.6) is 5.88 Å². The number of aromatic nitrogens is 3. The van der Waals surface area contributed by atoms with Gasteiger partial charge in [-0.1, -0.05) is 25.4 Å². The van der Waals surface area contributed by atoms with Gasteiger partial charge in [0.25, 0.3) is 0 Å². The van der Waals surface area contributed by atoms with Gasteiger partial charge in [-0.15, -0.1) is 0 Å². The highest BCUT2D eigenvalue weighted by Crippen LogP contribution is 2.25. The molecule has 0 aliphatic carbocycles. The first-order valence-corrected chi connectivity index (χ1v) is 6.89. The van der Waals surface area contributed by atoms with E-state index in [1.807, 2.05) is 13.8 Å². The molecule has 0 spiro atoms. The highest BCUT2D eigenvalue weighted by atomic mass is 35.5. The van der Waals surface area contributed by atoms with E-state index in [0.29, 0.717) is 34.9 Å². The van der Waals surface area contributed by atoms with Gasteiger partial charge in [0.2, 0.25) is 5.88 Å². The molecule has 2 rings (SSSR count). The van der Waals surface area contributed by atoms with Crippen LogP contribution in [0.4, 0.5) is 5.69 Å². The molecule has 0 fully saturated rings. The molecule has 0 unspecified atom stereocenters. The van der Waals surface area contributed by atoms with E-state index in [1.54, 1.807) is 16.8 Å². The van der Waals surface area contributed by atoms with Gasteiger partial charge in [0.1, 0.15) is 0 Å². The topological polar surface area (TPSA) is 66.0 Å². The van der Waals surface area contributed by atoms with Crippen LogP contribution in [-0.4, -0.2) is 21.4 Å². The van der Waals surface area contributed by atoms with Crippen molar-refractivity contribution in [2.45, 2.75) is 27.7 Å². The summed E-state index contributed by atoms with van der Waals surface area (Å²) >= 11 is 6.15. The maximum Gasteiger partial charge on any atom is 0.239 e. The molecule has 20 heavy (non-hydrogen) atoms. The molecule has 0 amide bonds. The third-order valence-electron chi connectivity index (χ3n) is 2.85. The molecule has 5 nitrogen and oxygen atoms in total. The Morgan fingerprint density at radius 2 is 2.05 bits per heavy atom. The summed E-state index contributed by atoms with van der Waals surface area (Å²) in [5.41, 5.74) is 8.01. The van der Waals surface area contributed by atoms with Crippen molar-refractivity contribution in [1.29, 1.82) is 0 Å². The van der Waals surface area contributed by atoms with Gasteiger partial charge in [-0.25, -0.2) is 4.68 Å². The van der Waals surface area contributed by atoms with Crippen molar-refractivity contribution in [2.75, 3.05) is 12.3 Å². The predicted octanol–water partition coefficient (Wildman–Crippen LogP) is 3.15. The highest BCUT2D eigenvalue weighted by molar-refractivity contribution is 6.31. The zero-order chi connectivity index (χ0) is 14.9. The van der Waals surface area contributed by atoms with Crippen molar-refractivity contribution in [3.05, 3.63) is 28.5 Å². The minimum atomic E-state index is 0.406. The van der Waals surface area contributed by atoms with E-state index in [2.05, 4.69) is 23.9 Å². The second-order valence-electron chi connectivity index (χ2n) is 5.17. The van der Waals surface area contributed by atoms with Crippen molar-refractivity contribution in [2.24, 2.45) is 5.92 Å². The van der Waals surface area contributed by atoms with Gasteiger partial charge in [-0.05, 0) is 31.9 Å². The van der Waals surface area contributed by atoms with Gasteiger partial charge in [0.15, 0.2) is 5.82 Å². The molecule has 0 radical (unpaired) electrons. The summed E-state index contributed by atoms with van der Waals surface area (Å²) in [6.07, 6.45) is 0. The summed E-state index contributed by atoms with van der Waals surface area (Å²) < 4.78 is 7.32. The van der Waals surface area contributed by atoms with E-state index in [-0.39, 0.29) is 0 Å². The van der Waals surface area contributed by atoms with E-state index in [9.17, 15) is 0 Å². The lowest BCUT2D eigenvalue weighted by molar-refractivity contribution is 0.262. The molecule has 0 aliphatic heterocycles. The van der Waals surface area contributed by atoms with Crippen molar-refractivity contribution in [1.82, 2.24) is 14.8 Å². The maximum atomic E-state index is 6.15. The Morgan fingerprint density at radius 1 is 1.35 bits per heavy atom. The third-order valence-corrected chi connectivity index (χ3v) is 3.40. The van der Waals surface area contributed by atoms with Crippen LogP contribution >= 0.6 is 11.6 Å². The molecule has 2 aromatic rings. The molecule has 2 aromatic heterocycles. The Labute approximate surface area is 123 Å². The van der Waals surface area contributed by atoms with E-state index < -0.39 is 0 Å². The van der Waals surface area contributed by atoms with Crippen LogP contribution in [0.3, 0.4) is 0 Å². The van der Waals surface area contributed by atoms with E-state index >= 15 is 0 Å². The smallest absolute Gasteiger partial charge is 0.239 e. The van der Waals surface area contributed by atoms with Gasteiger partial charge in [-0.3, -0.25) is 0 Å². The predicted molar refractivity (Wildman–Crippen MR) is 80.6 cm³/mol. The van der Waals surface area contributed by atoms with Crippen LogP contribution in [0.1, 0.15) is 25.2 Å². The number of nitrogens with zero attached hydrogens (tertiary/aromatic N) is 3. The molecule has 2 heterocycles. The number of nitrogens with two attached hydrogens (primary N) is 1. The first kappa shape index (κ1) is 14.7. The number of aryl methyl sites for hydroxylation is 1. The Hall–Kier alpha value is -1.75. The van der Waals surface area contributed by atoms with Gasteiger partial charge < -0.3 is 10.5 Å². The van der Waals surface area contributed by atoms with Gasteiger partial charge in [0.05, 0.1) is 28.7 Å². The molecule has 108 valence electrons. The van der Waals surface area contributed by atoms with Gasteiger partial charge in [0, 0.05) is 0 Å². The number of rotatable bonds is 4. The van der Waals surface area contributed by atoms with Crippen LogP contribution in [0.2, 0.25) is 5.02 Å². The summed E-state index contributed by atoms with van der Waals surface area (Å²) in [6, 6.07) is 3.57. The quantitative estimate of drug-likeness (QED) is 0.940. The Kier molecular flexibility index (Phi) is 4.18. The van der Waals surface area contributed by atoms with Gasteiger partial charge >= 0.3 is 0 Å². The maximum absolute atomic E-state index is 6.15. The zero-order valence-corrected chi connectivity index (χ0v) is 12.9. The third kappa shape index (κ3) is 2.88. The number of pyridine rings is 1. The fourth-order valence-corrected chi connectivity index (χ4v) is 1.89. The average molecular weight is 295 g/mol. The Morgan fingerprint density at radius 3 is 2.60 bits per heavy atom. The molecule has 0 aromatic carbocycles. The summed E-state index contributed by atoms with van der Waals surface area (Å²) in [7, 11) is 0. The van der Waals surface area contributed by atoms with Crippen LogP contribution in [0.15, 0.2) is 12.1 Å². The molecule has 0 atom stereocenters. The Bertz CT molecular complexity index is 622. The standard InChI is InChI=1S/C14H19ClN4O/c1-8(2)7-20-14-11(16)5-6-12(17-14)19-10(4)13(15)9(3)18-19/h5-6,8H,7,16H2,1-4H3. The molecule has 0 bridgehead atoms. The van der Waals surface area contributed by atoms with Crippen molar-refractivity contribution in [3.8, 4) is 11.7 Å². The fourth-order valence-electron chi connectivity index (χ4n) is 1.77. The molecule has 6 heteroatoms. The molecule has 0 saturated carbocycles. The second-order valence-corrected chi connectivity index (χ2v) is 5.54. The number of halogens is 1. The van der Waals surface area contributed by atoms with Crippen LogP contribution in [0.25, 0.3) is 5.82 Å². The first-order valence-electron chi connectivity index (χ1n) is 6.51.